The van der Waals surface area contributed by atoms with Crippen molar-refractivity contribution < 1.29 is 9.47 Å². The first-order valence-electron chi connectivity index (χ1n) is 11.6. The van der Waals surface area contributed by atoms with E-state index in [1.54, 1.807) is 0 Å². The first-order chi connectivity index (χ1) is 16.4. The van der Waals surface area contributed by atoms with Crippen LogP contribution in [-0.2, 0) is 9.47 Å². The van der Waals surface area contributed by atoms with Gasteiger partial charge in [-0.15, -0.1) is 11.3 Å². The average Bonchev–Trinajstić information content (AvgIpc) is 2.87. The molecule has 1 aliphatic heterocycles. The Morgan fingerprint density at radius 1 is 0.853 bits per heavy atom. The van der Waals surface area contributed by atoms with E-state index in [2.05, 4.69) is 49.0 Å². The van der Waals surface area contributed by atoms with Crippen molar-refractivity contribution in [2.45, 2.75) is 39.3 Å². The van der Waals surface area contributed by atoms with Crippen LogP contribution in [0.5, 0.6) is 0 Å². The van der Waals surface area contributed by atoms with Crippen molar-refractivity contribution in [1.82, 2.24) is 9.97 Å². The van der Waals surface area contributed by atoms with Crippen molar-refractivity contribution in [3.8, 4) is 11.5 Å². The monoisotopic (exact) mass is 466 g/mol. The van der Waals surface area contributed by atoms with E-state index < -0.39 is 14.4 Å². The molecule has 3 heterocycles. The minimum atomic E-state index is -1.48. The first-order valence-corrected chi connectivity index (χ1v) is 15.1. The van der Waals surface area contributed by atoms with Gasteiger partial charge in [0.1, 0.15) is 13.8 Å². The standard InChI is InChI=1S/C29H30N2O2Si/c1-22(26-14-8-13-24(30-26)17-20-34(2,3)4)21-25(23-11-6-5-7-12-23)27-15-9-16-28(31-27)29-32-18-10-19-33-29/h5-9,11-16,29H,10,18-19H2,1-4H3. The summed E-state index contributed by atoms with van der Waals surface area (Å²) in [4.78, 5) is 9.68. The number of aromatic nitrogens is 2. The summed E-state index contributed by atoms with van der Waals surface area (Å²) in [6.07, 6.45) is 0.473. The predicted octanol–water partition coefficient (Wildman–Crippen LogP) is 6.28. The van der Waals surface area contributed by atoms with Crippen LogP contribution in [0.15, 0.2) is 72.5 Å². The van der Waals surface area contributed by atoms with Crippen LogP contribution in [0.4, 0.5) is 0 Å². The van der Waals surface area contributed by atoms with Crippen molar-refractivity contribution >= 4 is 19.2 Å². The molecule has 1 aliphatic rings. The molecular weight excluding hydrogens is 436 g/mol. The van der Waals surface area contributed by atoms with E-state index in [1.807, 2.05) is 61.5 Å². The molecule has 0 amide bonds. The van der Waals surface area contributed by atoms with Crippen molar-refractivity contribution in [1.29, 1.82) is 0 Å². The van der Waals surface area contributed by atoms with E-state index in [-0.39, 0.29) is 0 Å². The number of hydrogen-bond donors (Lipinski definition) is 0. The SMILES string of the molecule is CC(=C=C(c1ccccc1)c1cccc(C2OCCCO2)n1)c1cccc(C#C[Si](C)(C)C)n1. The topological polar surface area (TPSA) is 44.2 Å². The molecule has 1 fully saturated rings. The smallest absolute Gasteiger partial charge is 0.201 e. The lowest BCUT2D eigenvalue weighted by atomic mass is 10.0. The van der Waals surface area contributed by atoms with E-state index in [0.717, 1.165) is 45.9 Å². The average molecular weight is 467 g/mol. The minimum absolute atomic E-state index is 0.431. The fourth-order valence-electron chi connectivity index (χ4n) is 3.49. The van der Waals surface area contributed by atoms with Crippen LogP contribution in [-0.4, -0.2) is 31.3 Å². The fourth-order valence-corrected chi connectivity index (χ4v) is 3.99. The molecule has 1 aromatic carbocycles. The zero-order valence-electron chi connectivity index (χ0n) is 20.3. The maximum Gasteiger partial charge on any atom is 0.201 e. The Morgan fingerprint density at radius 2 is 1.56 bits per heavy atom. The van der Waals surface area contributed by atoms with Gasteiger partial charge in [0.05, 0.1) is 30.3 Å². The Morgan fingerprint density at radius 3 is 2.29 bits per heavy atom. The second-order valence-corrected chi connectivity index (χ2v) is 14.0. The maximum absolute atomic E-state index is 5.78. The second-order valence-electron chi connectivity index (χ2n) is 9.27. The number of pyridine rings is 2. The predicted molar refractivity (Wildman–Crippen MR) is 140 cm³/mol. The number of ether oxygens (including phenoxy) is 2. The molecule has 5 heteroatoms. The van der Waals surface area contributed by atoms with Gasteiger partial charge in [-0.25, -0.2) is 9.97 Å². The summed E-state index contributed by atoms with van der Waals surface area (Å²) >= 11 is 0. The summed E-state index contributed by atoms with van der Waals surface area (Å²) in [5.41, 5.74) is 13.1. The number of benzene rings is 1. The van der Waals surface area contributed by atoms with Crippen LogP contribution in [0, 0.1) is 11.5 Å². The van der Waals surface area contributed by atoms with Crippen molar-refractivity contribution in [3.63, 3.8) is 0 Å². The first kappa shape index (κ1) is 23.9. The van der Waals surface area contributed by atoms with Crippen molar-refractivity contribution in [2.24, 2.45) is 0 Å². The summed E-state index contributed by atoms with van der Waals surface area (Å²) in [5.74, 6) is 3.25. The number of rotatable bonds is 4. The third kappa shape index (κ3) is 6.41. The quantitative estimate of drug-likeness (QED) is 0.258. The van der Waals surface area contributed by atoms with Crippen molar-refractivity contribution in [2.75, 3.05) is 13.2 Å². The molecule has 0 unspecified atom stereocenters. The van der Waals surface area contributed by atoms with Gasteiger partial charge in [0.15, 0.2) is 0 Å². The Bertz CT molecular complexity index is 1270. The Balaban J connectivity index is 1.79. The van der Waals surface area contributed by atoms with E-state index in [4.69, 9.17) is 19.4 Å². The molecule has 0 aliphatic carbocycles. The Hall–Kier alpha value is -3.26. The molecule has 0 spiro atoms. The van der Waals surface area contributed by atoms with Crippen LogP contribution in [0.2, 0.25) is 19.6 Å². The van der Waals surface area contributed by atoms with Crippen LogP contribution >= 0.6 is 0 Å². The molecule has 0 atom stereocenters. The van der Waals surface area contributed by atoms with Gasteiger partial charge in [-0.05, 0) is 43.2 Å². The molecule has 4 nitrogen and oxygen atoms in total. The van der Waals surface area contributed by atoms with Gasteiger partial charge >= 0.3 is 0 Å². The van der Waals surface area contributed by atoms with E-state index in [9.17, 15) is 0 Å². The van der Waals surface area contributed by atoms with E-state index in [1.165, 1.54) is 0 Å². The highest BCUT2D eigenvalue weighted by Crippen LogP contribution is 2.26. The second kappa shape index (κ2) is 10.8. The lowest BCUT2D eigenvalue weighted by molar-refractivity contribution is -0.185. The number of allylic oxidation sites excluding steroid dienone is 1. The van der Waals surface area contributed by atoms with Gasteiger partial charge in [-0.1, -0.05) is 68.0 Å². The normalized spacial score (nSPS) is 14.0. The number of nitrogens with zero attached hydrogens (tertiary/aromatic N) is 2. The Labute approximate surface area is 203 Å². The zero-order chi connectivity index (χ0) is 24.0. The molecule has 1 saturated heterocycles. The molecule has 3 aromatic rings. The molecular formula is C29H30N2O2Si. The summed E-state index contributed by atoms with van der Waals surface area (Å²) in [6, 6.07) is 22.1. The highest BCUT2D eigenvalue weighted by atomic mass is 28.3. The van der Waals surface area contributed by atoms with Gasteiger partial charge in [-0.3, -0.25) is 0 Å². The molecule has 4 rings (SSSR count). The minimum Gasteiger partial charge on any atom is -0.347 e. The molecule has 2 aromatic heterocycles. The molecule has 0 radical (unpaired) electrons. The summed E-state index contributed by atoms with van der Waals surface area (Å²) in [6.45, 7) is 10.1. The van der Waals surface area contributed by atoms with Crippen LogP contribution in [0.25, 0.3) is 11.1 Å². The highest BCUT2D eigenvalue weighted by molar-refractivity contribution is 6.83. The molecule has 0 N–H and O–H groups in total. The van der Waals surface area contributed by atoms with Gasteiger partial charge in [-0.2, -0.15) is 0 Å². The molecule has 0 bridgehead atoms. The van der Waals surface area contributed by atoms with Crippen LogP contribution < -0.4 is 0 Å². The largest absolute Gasteiger partial charge is 0.347 e. The third-order valence-electron chi connectivity index (χ3n) is 5.17. The van der Waals surface area contributed by atoms with E-state index >= 15 is 0 Å². The third-order valence-corrected chi connectivity index (χ3v) is 6.04. The van der Waals surface area contributed by atoms with Gasteiger partial charge in [0.25, 0.3) is 0 Å². The summed E-state index contributed by atoms with van der Waals surface area (Å²) in [7, 11) is -1.48. The maximum atomic E-state index is 5.78. The summed E-state index contributed by atoms with van der Waals surface area (Å²) < 4.78 is 11.6. The Kier molecular flexibility index (Phi) is 7.57. The summed E-state index contributed by atoms with van der Waals surface area (Å²) in [5, 5.41) is 0. The molecule has 172 valence electrons. The fraction of sp³-hybridized carbons (Fsp3) is 0.276. The molecule has 34 heavy (non-hydrogen) atoms. The van der Waals surface area contributed by atoms with E-state index in [0.29, 0.717) is 13.2 Å². The van der Waals surface area contributed by atoms with Crippen molar-refractivity contribution in [3.05, 3.63) is 101 Å². The van der Waals surface area contributed by atoms with Gasteiger partial charge in [0.2, 0.25) is 6.29 Å². The number of hydrogen-bond acceptors (Lipinski definition) is 4. The lowest BCUT2D eigenvalue weighted by Crippen LogP contribution is -2.19. The van der Waals surface area contributed by atoms with Gasteiger partial charge < -0.3 is 9.47 Å². The zero-order valence-corrected chi connectivity index (χ0v) is 21.3. The van der Waals surface area contributed by atoms with Crippen LogP contribution in [0.1, 0.15) is 48.0 Å². The lowest BCUT2D eigenvalue weighted by Gasteiger charge is -2.23. The molecule has 0 saturated carbocycles. The van der Waals surface area contributed by atoms with Crippen LogP contribution in [0.3, 0.4) is 0 Å². The van der Waals surface area contributed by atoms with Gasteiger partial charge in [0, 0.05) is 11.1 Å². The highest BCUT2D eigenvalue weighted by Gasteiger charge is 2.19.